The highest BCUT2D eigenvalue weighted by Crippen LogP contribution is 2.29. The summed E-state index contributed by atoms with van der Waals surface area (Å²) < 4.78 is 10.5. The molecule has 7 heteroatoms. The fourth-order valence-corrected chi connectivity index (χ4v) is 2.05. The number of aromatic nitrogens is 2. The standard InChI is InChI=1S/C12H12ClN3O3/c13-9-7-8(1-2-10(9)17)11-14-12(15-19-11)16-3-5-18-6-4-16/h1-2,7,17H,3-6H2. The number of rotatable bonds is 2. The first kappa shape index (κ1) is 12.3. The van der Waals surface area contributed by atoms with E-state index in [0.717, 1.165) is 13.1 Å². The normalized spacial score (nSPS) is 15.7. The third-order valence-electron chi connectivity index (χ3n) is 2.90. The second-order valence-corrected chi connectivity index (χ2v) is 4.57. The van der Waals surface area contributed by atoms with Crippen LogP contribution < -0.4 is 4.90 Å². The molecule has 0 unspecified atom stereocenters. The molecule has 1 aliphatic heterocycles. The van der Waals surface area contributed by atoms with Gasteiger partial charge in [-0.1, -0.05) is 11.6 Å². The summed E-state index contributed by atoms with van der Waals surface area (Å²) in [7, 11) is 0. The van der Waals surface area contributed by atoms with Gasteiger partial charge in [-0.2, -0.15) is 4.98 Å². The number of aromatic hydroxyl groups is 1. The second kappa shape index (κ2) is 5.07. The largest absolute Gasteiger partial charge is 0.506 e. The third kappa shape index (κ3) is 2.50. The van der Waals surface area contributed by atoms with E-state index in [1.54, 1.807) is 12.1 Å². The van der Waals surface area contributed by atoms with Gasteiger partial charge in [-0.15, -0.1) is 0 Å². The molecule has 1 saturated heterocycles. The Morgan fingerprint density at radius 3 is 2.79 bits per heavy atom. The summed E-state index contributed by atoms with van der Waals surface area (Å²) in [5.41, 5.74) is 0.676. The van der Waals surface area contributed by atoms with Gasteiger partial charge in [-0.05, 0) is 23.4 Å². The van der Waals surface area contributed by atoms with Crippen LogP contribution in [0.5, 0.6) is 5.75 Å². The number of phenols is 1. The third-order valence-corrected chi connectivity index (χ3v) is 3.21. The van der Waals surface area contributed by atoms with E-state index in [2.05, 4.69) is 10.1 Å². The van der Waals surface area contributed by atoms with Crippen molar-refractivity contribution in [2.75, 3.05) is 31.2 Å². The van der Waals surface area contributed by atoms with Crippen molar-refractivity contribution < 1.29 is 14.4 Å². The van der Waals surface area contributed by atoms with E-state index in [4.69, 9.17) is 20.9 Å². The molecule has 0 atom stereocenters. The number of hydrogen-bond donors (Lipinski definition) is 1. The minimum atomic E-state index is 0.0262. The molecular weight excluding hydrogens is 270 g/mol. The molecule has 1 aromatic heterocycles. The van der Waals surface area contributed by atoms with Crippen molar-refractivity contribution in [3.63, 3.8) is 0 Å². The molecule has 3 rings (SSSR count). The van der Waals surface area contributed by atoms with E-state index >= 15 is 0 Å². The van der Waals surface area contributed by atoms with Crippen LogP contribution in [0, 0.1) is 0 Å². The van der Waals surface area contributed by atoms with Gasteiger partial charge in [0.15, 0.2) is 0 Å². The summed E-state index contributed by atoms with van der Waals surface area (Å²) in [6, 6.07) is 4.77. The molecule has 1 fully saturated rings. The van der Waals surface area contributed by atoms with Gasteiger partial charge >= 0.3 is 0 Å². The van der Waals surface area contributed by atoms with Crippen LogP contribution >= 0.6 is 11.6 Å². The molecule has 0 saturated carbocycles. The summed E-state index contributed by atoms with van der Waals surface area (Å²) in [5, 5.41) is 13.6. The minimum Gasteiger partial charge on any atom is -0.506 e. The van der Waals surface area contributed by atoms with Crippen molar-refractivity contribution in [3.05, 3.63) is 23.2 Å². The predicted molar refractivity (Wildman–Crippen MR) is 69.4 cm³/mol. The Kier molecular flexibility index (Phi) is 3.27. The SMILES string of the molecule is Oc1ccc(-c2nc(N3CCOCC3)no2)cc1Cl. The molecule has 0 amide bonds. The van der Waals surface area contributed by atoms with Crippen LogP contribution in [-0.4, -0.2) is 41.6 Å². The highest BCUT2D eigenvalue weighted by atomic mass is 35.5. The molecule has 0 aliphatic carbocycles. The van der Waals surface area contributed by atoms with E-state index in [1.165, 1.54) is 6.07 Å². The molecule has 0 radical (unpaired) electrons. The van der Waals surface area contributed by atoms with Gasteiger partial charge in [0.25, 0.3) is 11.8 Å². The van der Waals surface area contributed by atoms with E-state index < -0.39 is 0 Å². The monoisotopic (exact) mass is 281 g/mol. The van der Waals surface area contributed by atoms with Gasteiger partial charge in [0.2, 0.25) is 0 Å². The van der Waals surface area contributed by atoms with E-state index in [9.17, 15) is 5.11 Å². The van der Waals surface area contributed by atoms with Crippen LogP contribution in [-0.2, 0) is 4.74 Å². The summed E-state index contributed by atoms with van der Waals surface area (Å²) >= 11 is 5.85. The zero-order valence-electron chi connectivity index (χ0n) is 10.0. The number of ether oxygens (including phenoxy) is 1. The van der Waals surface area contributed by atoms with Crippen molar-refractivity contribution in [2.45, 2.75) is 0 Å². The zero-order chi connectivity index (χ0) is 13.2. The molecule has 2 heterocycles. The predicted octanol–water partition coefficient (Wildman–Crippen LogP) is 1.93. The molecule has 2 aromatic rings. The van der Waals surface area contributed by atoms with Gasteiger partial charge < -0.3 is 19.3 Å². The Morgan fingerprint density at radius 1 is 1.26 bits per heavy atom. The summed E-state index contributed by atoms with van der Waals surface area (Å²) in [5.74, 6) is 0.948. The second-order valence-electron chi connectivity index (χ2n) is 4.17. The smallest absolute Gasteiger partial charge is 0.266 e. The van der Waals surface area contributed by atoms with Crippen LogP contribution in [0.2, 0.25) is 5.02 Å². The summed E-state index contributed by atoms with van der Waals surface area (Å²) in [6.07, 6.45) is 0. The van der Waals surface area contributed by atoms with Crippen molar-refractivity contribution in [3.8, 4) is 17.2 Å². The van der Waals surface area contributed by atoms with Crippen molar-refractivity contribution in [1.82, 2.24) is 10.1 Å². The number of halogens is 1. The number of morpholine rings is 1. The Balaban J connectivity index is 1.85. The molecule has 1 aliphatic rings. The zero-order valence-corrected chi connectivity index (χ0v) is 10.8. The number of benzene rings is 1. The molecular formula is C12H12ClN3O3. The highest BCUT2D eigenvalue weighted by Gasteiger charge is 2.18. The van der Waals surface area contributed by atoms with Crippen LogP contribution in [0.25, 0.3) is 11.5 Å². The van der Waals surface area contributed by atoms with Gasteiger partial charge in [0.05, 0.1) is 18.2 Å². The lowest BCUT2D eigenvalue weighted by Gasteiger charge is -2.24. The maximum Gasteiger partial charge on any atom is 0.266 e. The Morgan fingerprint density at radius 2 is 2.05 bits per heavy atom. The molecule has 1 N–H and O–H groups in total. The molecule has 1 aromatic carbocycles. The van der Waals surface area contributed by atoms with Crippen molar-refractivity contribution >= 4 is 17.5 Å². The molecule has 6 nitrogen and oxygen atoms in total. The lowest BCUT2D eigenvalue weighted by atomic mass is 10.2. The van der Waals surface area contributed by atoms with Crippen LogP contribution in [0.1, 0.15) is 0 Å². The Hall–Kier alpha value is -1.79. The number of nitrogens with zero attached hydrogens (tertiary/aromatic N) is 3. The first-order valence-electron chi connectivity index (χ1n) is 5.89. The average molecular weight is 282 g/mol. The number of phenolic OH excluding ortho intramolecular Hbond substituents is 1. The van der Waals surface area contributed by atoms with Gasteiger partial charge in [0.1, 0.15) is 5.75 Å². The minimum absolute atomic E-state index is 0.0262. The fraction of sp³-hybridized carbons (Fsp3) is 0.333. The Labute approximate surface area is 114 Å². The fourth-order valence-electron chi connectivity index (χ4n) is 1.86. The molecule has 100 valence electrons. The lowest BCUT2D eigenvalue weighted by Crippen LogP contribution is -2.36. The molecule has 19 heavy (non-hydrogen) atoms. The maximum absolute atomic E-state index is 9.38. The van der Waals surface area contributed by atoms with Crippen molar-refractivity contribution in [1.29, 1.82) is 0 Å². The highest BCUT2D eigenvalue weighted by molar-refractivity contribution is 6.32. The van der Waals surface area contributed by atoms with Crippen molar-refractivity contribution in [2.24, 2.45) is 0 Å². The van der Waals surface area contributed by atoms with E-state index in [1.807, 2.05) is 4.90 Å². The number of anilines is 1. The van der Waals surface area contributed by atoms with Crippen LogP contribution in [0.4, 0.5) is 5.95 Å². The van der Waals surface area contributed by atoms with E-state index in [0.29, 0.717) is 30.6 Å². The number of hydrogen-bond acceptors (Lipinski definition) is 6. The molecule has 0 bridgehead atoms. The van der Waals surface area contributed by atoms with Gasteiger partial charge in [-0.25, -0.2) is 0 Å². The van der Waals surface area contributed by atoms with Gasteiger partial charge in [0, 0.05) is 18.7 Å². The summed E-state index contributed by atoms with van der Waals surface area (Å²) in [4.78, 5) is 6.33. The first-order chi connectivity index (χ1) is 9.24. The molecule has 0 spiro atoms. The quantitative estimate of drug-likeness (QED) is 0.907. The maximum atomic E-state index is 9.38. The van der Waals surface area contributed by atoms with Crippen LogP contribution in [0.3, 0.4) is 0 Å². The van der Waals surface area contributed by atoms with E-state index in [-0.39, 0.29) is 10.8 Å². The first-order valence-corrected chi connectivity index (χ1v) is 6.27. The lowest BCUT2D eigenvalue weighted by molar-refractivity contribution is 0.121. The topological polar surface area (TPSA) is 71.6 Å². The van der Waals surface area contributed by atoms with Gasteiger partial charge in [-0.3, -0.25) is 0 Å². The average Bonchev–Trinajstić information content (AvgIpc) is 2.93. The Bertz CT molecular complexity index is 581. The summed E-state index contributed by atoms with van der Waals surface area (Å²) in [6.45, 7) is 2.81. The van der Waals surface area contributed by atoms with Crippen LogP contribution in [0.15, 0.2) is 22.7 Å².